The molecular weight excluding hydrogens is 242 g/mol. The molecule has 2 atom stereocenters. The average molecular weight is 272 g/mol. The molecule has 0 aliphatic carbocycles. The molecule has 0 bridgehead atoms. The van der Waals surface area contributed by atoms with E-state index in [0.29, 0.717) is 12.4 Å². The first-order valence-corrected chi connectivity index (χ1v) is 6.15. The molecule has 1 aromatic rings. The van der Waals surface area contributed by atoms with Gasteiger partial charge in [-0.25, -0.2) is 0 Å². The maximum Gasteiger partial charge on any atom is 0.119 e. The van der Waals surface area contributed by atoms with E-state index in [1.165, 1.54) is 6.92 Å². The lowest BCUT2D eigenvalue weighted by Crippen LogP contribution is -2.35. The highest BCUT2D eigenvalue weighted by Gasteiger charge is 2.05. The summed E-state index contributed by atoms with van der Waals surface area (Å²) in [6.45, 7) is -1.53. The largest absolute Gasteiger partial charge is 0.491 e. The van der Waals surface area contributed by atoms with Crippen molar-refractivity contribution < 1.29 is 21.4 Å². The molecule has 0 saturated carbocycles. The van der Waals surface area contributed by atoms with Gasteiger partial charge < -0.3 is 19.9 Å². The van der Waals surface area contributed by atoms with Crippen molar-refractivity contribution in [2.24, 2.45) is 0 Å². The Bertz CT molecular complexity index is 503. The first-order chi connectivity index (χ1) is 11.0. The molecule has 0 spiro atoms. The fourth-order valence-electron chi connectivity index (χ4n) is 1.42. The molecule has 1 aromatic carbocycles. The number of benzene rings is 1. The van der Waals surface area contributed by atoms with Crippen LogP contribution in [0.15, 0.2) is 24.3 Å². The topological polar surface area (TPSA) is 50.7 Å². The predicted molar refractivity (Wildman–Crippen MR) is 76.7 cm³/mol. The fourth-order valence-corrected chi connectivity index (χ4v) is 1.42. The number of nitrogens with one attached hydrogen (secondary N) is 1. The first kappa shape index (κ1) is 9.75. The van der Waals surface area contributed by atoms with Crippen molar-refractivity contribution in [3.63, 3.8) is 0 Å². The Kier molecular flexibility index (Phi) is 4.57. The zero-order valence-corrected chi connectivity index (χ0v) is 11.4. The van der Waals surface area contributed by atoms with Crippen LogP contribution in [0.5, 0.6) is 5.75 Å². The summed E-state index contributed by atoms with van der Waals surface area (Å²) in [7, 11) is 1.63. The van der Waals surface area contributed by atoms with Gasteiger partial charge in [0.05, 0.1) is 7.98 Å². The van der Waals surface area contributed by atoms with Gasteiger partial charge in [0.2, 0.25) is 0 Å². The molecule has 4 nitrogen and oxygen atoms in total. The van der Waals surface area contributed by atoms with Gasteiger partial charge in [-0.1, -0.05) is 25.9 Å². The SMILES string of the molecule is [2H]C(O)(CNC([2H])(C)C([2H])([2H])[2H])COc1ccc(CCOC)cc1. The number of hydrogen-bond donors (Lipinski definition) is 2. The summed E-state index contributed by atoms with van der Waals surface area (Å²) in [5, 5.41) is 12.4. The second kappa shape index (κ2) is 8.91. The Hall–Kier alpha value is -1.10. The van der Waals surface area contributed by atoms with Crippen LogP contribution in [-0.2, 0) is 11.2 Å². The molecule has 108 valence electrons. The molecular formula is C15H25NO3. The van der Waals surface area contributed by atoms with Crippen LogP contribution in [0.25, 0.3) is 0 Å². The van der Waals surface area contributed by atoms with Crippen LogP contribution in [0.3, 0.4) is 0 Å². The third-order valence-corrected chi connectivity index (χ3v) is 2.48. The molecule has 0 heterocycles. The summed E-state index contributed by atoms with van der Waals surface area (Å²) in [5.74, 6) is 0.492. The maximum absolute atomic E-state index is 9.97. The lowest BCUT2D eigenvalue weighted by atomic mass is 10.1. The van der Waals surface area contributed by atoms with E-state index in [1.54, 1.807) is 19.2 Å². The quantitative estimate of drug-likeness (QED) is 0.717. The minimum absolute atomic E-state index is 0.353. The van der Waals surface area contributed by atoms with Crippen molar-refractivity contribution in [3.05, 3.63) is 29.8 Å². The zero-order chi connectivity index (χ0) is 18.4. The lowest BCUT2D eigenvalue weighted by Gasteiger charge is -2.15. The summed E-state index contributed by atoms with van der Waals surface area (Å²) in [6.07, 6.45) is -1.28. The van der Waals surface area contributed by atoms with Gasteiger partial charge in [0.25, 0.3) is 0 Å². The Morgan fingerprint density at radius 3 is 2.79 bits per heavy atom. The van der Waals surface area contributed by atoms with Crippen LogP contribution in [0.1, 0.15) is 26.2 Å². The molecule has 0 aliphatic heterocycles. The van der Waals surface area contributed by atoms with Gasteiger partial charge in [-0.05, 0) is 24.1 Å². The van der Waals surface area contributed by atoms with Gasteiger partial charge in [-0.3, -0.25) is 0 Å². The summed E-state index contributed by atoms with van der Waals surface area (Å²) in [5.41, 5.74) is 1.08. The number of ether oxygens (including phenoxy) is 2. The number of methoxy groups -OCH3 is 1. The molecule has 2 unspecified atom stereocenters. The molecule has 19 heavy (non-hydrogen) atoms. The van der Waals surface area contributed by atoms with Crippen molar-refractivity contribution in [3.8, 4) is 5.75 Å². The van der Waals surface area contributed by atoms with E-state index in [0.717, 1.165) is 12.0 Å². The van der Waals surface area contributed by atoms with Crippen LogP contribution in [0.2, 0.25) is 0 Å². The Morgan fingerprint density at radius 2 is 2.16 bits per heavy atom. The zero-order valence-electron chi connectivity index (χ0n) is 16.4. The highest BCUT2D eigenvalue weighted by atomic mass is 16.5. The molecule has 0 amide bonds. The monoisotopic (exact) mass is 272 g/mol. The lowest BCUT2D eigenvalue weighted by molar-refractivity contribution is 0.104. The van der Waals surface area contributed by atoms with Gasteiger partial charge >= 0.3 is 0 Å². The molecule has 0 fully saturated rings. The van der Waals surface area contributed by atoms with Crippen molar-refractivity contribution in [1.29, 1.82) is 0 Å². The Morgan fingerprint density at radius 1 is 1.42 bits per heavy atom. The third-order valence-electron chi connectivity index (χ3n) is 2.48. The summed E-state index contributed by atoms with van der Waals surface area (Å²) >= 11 is 0. The normalized spacial score (nSPS) is 21.9. The molecule has 0 saturated heterocycles. The fraction of sp³-hybridized carbons (Fsp3) is 0.600. The van der Waals surface area contributed by atoms with Crippen molar-refractivity contribution in [2.75, 3.05) is 26.9 Å². The molecule has 0 aromatic heterocycles. The maximum atomic E-state index is 9.97. The molecule has 4 heteroatoms. The minimum atomic E-state index is -2.57. The number of hydrogen-bond acceptors (Lipinski definition) is 4. The Labute approximate surface area is 122 Å². The molecule has 2 N–H and O–H groups in total. The van der Waals surface area contributed by atoms with E-state index in [2.05, 4.69) is 5.32 Å². The van der Waals surface area contributed by atoms with Crippen LogP contribution in [0, 0.1) is 0 Å². The van der Waals surface area contributed by atoms with Crippen LogP contribution >= 0.6 is 0 Å². The van der Waals surface area contributed by atoms with Crippen LogP contribution in [0.4, 0.5) is 0 Å². The van der Waals surface area contributed by atoms with Crippen LogP contribution < -0.4 is 10.1 Å². The molecule has 0 aliphatic rings. The second-order valence-corrected chi connectivity index (χ2v) is 4.22. The standard InChI is InChI=1S/C15H25NO3/c1-12(2)16-10-14(17)11-19-15-6-4-13(5-7-15)8-9-18-3/h4-7,12,14,16-17H,8-11H2,1-3H3/i1D3,12D,14D. The summed E-state index contributed by atoms with van der Waals surface area (Å²) in [6, 6.07) is 5.23. The first-order valence-electron chi connectivity index (χ1n) is 8.65. The highest BCUT2D eigenvalue weighted by Crippen LogP contribution is 2.12. The van der Waals surface area contributed by atoms with E-state index < -0.39 is 25.5 Å². The average Bonchev–Trinajstić information content (AvgIpc) is 2.49. The smallest absolute Gasteiger partial charge is 0.119 e. The van der Waals surface area contributed by atoms with E-state index in [9.17, 15) is 5.11 Å². The van der Waals surface area contributed by atoms with Gasteiger partial charge in [0.15, 0.2) is 0 Å². The minimum Gasteiger partial charge on any atom is -0.491 e. The molecule has 1 rings (SSSR count). The van der Waals surface area contributed by atoms with Crippen molar-refractivity contribution in [2.45, 2.75) is 32.3 Å². The highest BCUT2D eigenvalue weighted by molar-refractivity contribution is 5.27. The van der Waals surface area contributed by atoms with Crippen LogP contribution in [-0.4, -0.2) is 44.1 Å². The number of rotatable bonds is 9. The van der Waals surface area contributed by atoms with Gasteiger partial charge in [-0.2, -0.15) is 0 Å². The number of aliphatic hydroxyl groups is 1. The van der Waals surface area contributed by atoms with Gasteiger partial charge in [0.1, 0.15) is 18.4 Å². The van der Waals surface area contributed by atoms with Crippen molar-refractivity contribution in [1.82, 2.24) is 5.32 Å². The Balaban J connectivity index is 2.50. The van der Waals surface area contributed by atoms with E-state index in [4.69, 9.17) is 16.3 Å². The van der Waals surface area contributed by atoms with Gasteiger partial charge in [-0.15, -0.1) is 0 Å². The van der Waals surface area contributed by atoms with Gasteiger partial charge in [0, 0.05) is 25.2 Å². The predicted octanol–water partition coefficient (Wildman–Crippen LogP) is 1.61. The summed E-state index contributed by atoms with van der Waals surface area (Å²) < 4.78 is 47.6. The summed E-state index contributed by atoms with van der Waals surface area (Å²) in [4.78, 5) is 0. The van der Waals surface area contributed by atoms with E-state index in [1.807, 2.05) is 12.1 Å². The molecule has 0 radical (unpaired) electrons. The second-order valence-electron chi connectivity index (χ2n) is 4.22. The third kappa shape index (κ3) is 7.15. The van der Waals surface area contributed by atoms with E-state index >= 15 is 0 Å². The van der Waals surface area contributed by atoms with E-state index in [-0.39, 0.29) is 6.61 Å². The van der Waals surface area contributed by atoms with Crippen molar-refractivity contribution >= 4 is 0 Å².